The number of nitrogens with zero attached hydrogens (tertiary/aromatic N) is 3. The molecule has 1 aliphatic carbocycles. The molecule has 0 saturated heterocycles. The molecule has 1 heterocycles. The summed E-state index contributed by atoms with van der Waals surface area (Å²) in [4.78, 5) is 18.8. The van der Waals surface area contributed by atoms with Gasteiger partial charge in [0.05, 0.1) is 21.8 Å². The number of anilines is 1. The van der Waals surface area contributed by atoms with Crippen molar-refractivity contribution in [1.29, 1.82) is 0 Å². The quantitative estimate of drug-likeness (QED) is 0.491. The Hall–Kier alpha value is -2.65. The highest BCUT2D eigenvalue weighted by atomic mass is 32.2. The Labute approximate surface area is 190 Å². The number of rotatable bonds is 6. The third kappa shape index (κ3) is 4.31. The number of halogens is 2. The normalized spacial score (nSPS) is 15.3. The van der Waals surface area contributed by atoms with Crippen molar-refractivity contribution in [2.75, 3.05) is 19.0 Å². The molecular formula is C23H23F2N3O2S2. The van der Waals surface area contributed by atoms with Gasteiger partial charge in [-0.15, -0.1) is 0 Å². The molecule has 3 aromatic rings. The molecule has 1 aliphatic rings. The van der Waals surface area contributed by atoms with Gasteiger partial charge in [-0.3, -0.25) is 9.69 Å². The number of carbonyl (C=O) groups is 1. The van der Waals surface area contributed by atoms with E-state index in [0.717, 1.165) is 36.6 Å². The molecule has 2 aromatic carbocycles. The highest BCUT2D eigenvalue weighted by molar-refractivity contribution is 7.96. The van der Waals surface area contributed by atoms with Crippen molar-refractivity contribution in [1.82, 2.24) is 4.98 Å². The first kappa shape index (κ1) is 22.5. The number of hydrogen-bond acceptors (Lipinski definition) is 5. The molecule has 1 atom stereocenters. The van der Waals surface area contributed by atoms with Crippen LogP contribution in [0.5, 0.6) is 0 Å². The van der Waals surface area contributed by atoms with Gasteiger partial charge in [0.15, 0.2) is 5.13 Å². The van der Waals surface area contributed by atoms with Gasteiger partial charge >= 0.3 is 0 Å². The van der Waals surface area contributed by atoms with Crippen molar-refractivity contribution < 1.29 is 17.8 Å². The van der Waals surface area contributed by atoms with Crippen molar-refractivity contribution in [2.45, 2.75) is 35.6 Å². The van der Waals surface area contributed by atoms with E-state index in [9.17, 15) is 17.8 Å². The number of thiazole rings is 1. The van der Waals surface area contributed by atoms with E-state index in [-0.39, 0.29) is 23.1 Å². The number of aryl methyl sites for hydroxylation is 1. The Morgan fingerprint density at radius 1 is 1.22 bits per heavy atom. The molecular weight excluding hydrogens is 452 g/mol. The molecule has 0 aliphatic heterocycles. The van der Waals surface area contributed by atoms with E-state index in [0.29, 0.717) is 20.6 Å². The Morgan fingerprint density at radius 2 is 1.91 bits per heavy atom. The third-order valence-electron chi connectivity index (χ3n) is 5.47. The predicted octanol–water partition coefficient (Wildman–Crippen LogP) is 5.22. The second-order valence-corrected chi connectivity index (χ2v) is 11.6. The van der Waals surface area contributed by atoms with Gasteiger partial charge in [-0.2, -0.15) is 0 Å². The van der Waals surface area contributed by atoms with E-state index in [1.165, 1.54) is 16.2 Å². The molecule has 1 amide bonds. The average Bonchev–Trinajstić information content (AvgIpc) is 3.57. The minimum atomic E-state index is -2.49. The molecule has 0 unspecified atom stereocenters. The smallest absolute Gasteiger partial charge is 0.232 e. The minimum absolute atomic E-state index is 0.0712. The van der Waals surface area contributed by atoms with Gasteiger partial charge in [0, 0.05) is 24.9 Å². The van der Waals surface area contributed by atoms with E-state index in [1.807, 2.05) is 0 Å². The standard InChI is InChI=1S/C23H23F2N3O2S2/c1-14-22(32(30,26-2)18-9-10-18)31-23(27-14)28(3)21(29)12-15-4-6-16(7-5-15)19-13-17(24)8-11-20(19)25/h4-8,11,13,18H,9-10,12H2,1-3H3/t32-/m0/s1. The lowest BCUT2D eigenvalue weighted by atomic mass is 10.0. The molecule has 4 rings (SSSR count). The molecule has 0 N–H and O–H groups in total. The van der Waals surface area contributed by atoms with Crippen LogP contribution in [0.4, 0.5) is 13.9 Å². The van der Waals surface area contributed by atoms with Crippen molar-refractivity contribution in [3.8, 4) is 11.1 Å². The summed E-state index contributed by atoms with van der Waals surface area (Å²) < 4.78 is 45.6. The van der Waals surface area contributed by atoms with Crippen LogP contribution in [0, 0.1) is 18.6 Å². The van der Waals surface area contributed by atoms with Crippen LogP contribution in [0.1, 0.15) is 24.1 Å². The molecule has 0 spiro atoms. The Morgan fingerprint density at radius 3 is 2.53 bits per heavy atom. The molecule has 9 heteroatoms. The Balaban J connectivity index is 1.50. The van der Waals surface area contributed by atoms with Crippen molar-refractivity contribution in [3.05, 3.63) is 65.4 Å². The van der Waals surface area contributed by atoms with Crippen LogP contribution >= 0.6 is 11.3 Å². The zero-order valence-corrected chi connectivity index (χ0v) is 19.6. The summed E-state index contributed by atoms with van der Waals surface area (Å²) >= 11 is 1.26. The van der Waals surface area contributed by atoms with E-state index < -0.39 is 21.4 Å². The summed E-state index contributed by atoms with van der Waals surface area (Å²) in [6.07, 6.45) is 1.91. The van der Waals surface area contributed by atoms with Crippen molar-refractivity contribution >= 4 is 32.1 Å². The number of hydrogen-bond donors (Lipinski definition) is 0. The molecule has 0 radical (unpaired) electrons. The lowest BCUT2D eigenvalue weighted by Gasteiger charge is -2.14. The second-order valence-electron chi connectivity index (χ2n) is 7.77. The van der Waals surface area contributed by atoms with Crippen LogP contribution in [0.25, 0.3) is 11.1 Å². The fourth-order valence-electron chi connectivity index (χ4n) is 3.48. The number of amides is 1. The van der Waals surface area contributed by atoms with Gasteiger partial charge < -0.3 is 0 Å². The highest BCUT2D eigenvalue weighted by Gasteiger charge is 2.37. The first-order chi connectivity index (χ1) is 15.2. The van der Waals surface area contributed by atoms with Gasteiger partial charge in [-0.25, -0.2) is 22.3 Å². The van der Waals surface area contributed by atoms with Crippen LogP contribution < -0.4 is 4.90 Å². The topological polar surface area (TPSA) is 62.6 Å². The van der Waals surface area contributed by atoms with Gasteiger partial charge in [-0.05, 0) is 49.1 Å². The van der Waals surface area contributed by atoms with E-state index in [4.69, 9.17) is 0 Å². The maximum atomic E-state index is 14.0. The fraction of sp³-hybridized carbons (Fsp3) is 0.304. The largest absolute Gasteiger partial charge is 0.291 e. The van der Waals surface area contributed by atoms with Gasteiger partial charge in [0.1, 0.15) is 15.8 Å². The summed E-state index contributed by atoms with van der Waals surface area (Å²) in [5.41, 5.74) is 2.09. The zero-order chi connectivity index (χ0) is 23.0. The van der Waals surface area contributed by atoms with Crippen LogP contribution in [-0.2, 0) is 20.9 Å². The summed E-state index contributed by atoms with van der Waals surface area (Å²) in [6, 6.07) is 10.1. The van der Waals surface area contributed by atoms with E-state index >= 15 is 0 Å². The molecule has 1 fully saturated rings. The molecule has 1 aromatic heterocycles. The second kappa shape index (κ2) is 8.71. The third-order valence-corrected chi connectivity index (χ3v) is 10.2. The monoisotopic (exact) mass is 475 g/mol. The average molecular weight is 476 g/mol. The molecule has 32 heavy (non-hydrogen) atoms. The Kier molecular flexibility index (Phi) is 6.13. The van der Waals surface area contributed by atoms with Crippen LogP contribution in [-0.4, -0.2) is 34.4 Å². The van der Waals surface area contributed by atoms with Crippen molar-refractivity contribution in [3.63, 3.8) is 0 Å². The van der Waals surface area contributed by atoms with Gasteiger partial charge in [-0.1, -0.05) is 35.6 Å². The number of benzene rings is 2. The van der Waals surface area contributed by atoms with Crippen LogP contribution in [0.2, 0.25) is 0 Å². The zero-order valence-electron chi connectivity index (χ0n) is 18.0. The Bertz CT molecular complexity index is 1290. The number of aromatic nitrogens is 1. The van der Waals surface area contributed by atoms with E-state index in [2.05, 4.69) is 9.35 Å². The lowest BCUT2D eigenvalue weighted by Crippen LogP contribution is -2.27. The fourth-order valence-corrected chi connectivity index (χ4v) is 7.60. The van der Waals surface area contributed by atoms with Crippen LogP contribution in [0.3, 0.4) is 0 Å². The maximum Gasteiger partial charge on any atom is 0.232 e. The van der Waals surface area contributed by atoms with Crippen molar-refractivity contribution in [2.24, 2.45) is 4.36 Å². The number of carbonyl (C=O) groups excluding carboxylic acids is 1. The van der Waals surface area contributed by atoms with E-state index in [1.54, 1.807) is 45.3 Å². The first-order valence-corrected chi connectivity index (χ1v) is 12.5. The van der Waals surface area contributed by atoms with Gasteiger partial charge in [0.2, 0.25) is 5.91 Å². The lowest BCUT2D eigenvalue weighted by molar-refractivity contribution is -0.117. The summed E-state index contributed by atoms with van der Waals surface area (Å²) in [6.45, 7) is 1.80. The predicted molar refractivity (Wildman–Crippen MR) is 124 cm³/mol. The molecule has 1 saturated carbocycles. The summed E-state index contributed by atoms with van der Waals surface area (Å²) in [7, 11) is 0.728. The number of likely N-dealkylation sites (N-methyl/N-ethyl adjacent to an activating group) is 1. The minimum Gasteiger partial charge on any atom is -0.291 e. The van der Waals surface area contributed by atoms with Crippen LogP contribution in [0.15, 0.2) is 51.0 Å². The SMILES string of the molecule is CN=[S@@](=O)(c1sc(N(C)C(=O)Cc2ccc(-c3cc(F)ccc3F)cc2)nc1C)C1CC1. The summed E-state index contributed by atoms with van der Waals surface area (Å²) in [5.74, 6) is -1.20. The first-order valence-electron chi connectivity index (χ1n) is 10.2. The summed E-state index contributed by atoms with van der Waals surface area (Å²) in [5, 5.41) is 0.555. The molecule has 0 bridgehead atoms. The highest BCUT2D eigenvalue weighted by Crippen LogP contribution is 2.40. The maximum absolute atomic E-state index is 14.0. The van der Waals surface area contributed by atoms with Gasteiger partial charge in [0.25, 0.3) is 0 Å². The molecule has 168 valence electrons. The molecule has 5 nitrogen and oxygen atoms in total.